The van der Waals surface area contributed by atoms with Gasteiger partial charge in [-0.2, -0.15) is 17.6 Å². The van der Waals surface area contributed by atoms with Crippen molar-refractivity contribution in [3.8, 4) is 11.5 Å². The Hall–Kier alpha value is -4.98. The van der Waals surface area contributed by atoms with Gasteiger partial charge >= 0.3 is 23.9 Å². The van der Waals surface area contributed by atoms with Gasteiger partial charge in [-0.25, -0.2) is 35.9 Å². The third-order valence-corrected chi connectivity index (χ3v) is 6.73. The van der Waals surface area contributed by atoms with E-state index in [9.17, 15) is 63.1 Å². The summed E-state index contributed by atoms with van der Waals surface area (Å²) in [6, 6.07) is 0. The number of halogens is 10. The van der Waals surface area contributed by atoms with E-state index in [4.69, 9.17) is 9.47 Å². The molecule has 2 rings (SSSR count). The summed E-state index contributed by atoms with van der Waals surface area (Å²) in [5, 5.41) is 0. The van der Waals surface area contributed by atoms with Crippen LogP contribution in [0.2, 0.25) is 0 Å². The quantitative estimate of drug-likeness (QED) is 0.0350. The number of rotatable bonds is 15. The molecular formula is C34H36F10O10. The van der Waals surface area contributed by atoms with Crippen LogP contribution in [0.5, 0.6) is 11.5 Å². The summed E-state index contributed by atoms with van der Waals surface area (Å²) >= 11 is 0. The van der Waals surface area contributed by atoms with E-state index in [1.807, 2.05) is 0 Å². The van der Waals surface area contributed by atoms with Crippen LogP contribution in [-0.2, 0) is 38.1 Å². The minimum absolute atomic E-state index is 0.00565. The number of carbonyl (C=O) groups excluding carboxylic acids is 4. The molecule has 2 aromatic rings. The zero-order valence-electron chi connectivity index (χ0n) is 29.7. The zero-order chi connectivity index (χ0) is 42.1. The van der Waals surface area contributed by atoms with Crippen molar-refractivity contribution in [2.45, 2.75) is 40.5 Å². The molecule has 0 spiro atoms. The van der Waals surface area contributed by atoms with Gasteiger partial charge in [0.15, 0.2) is 0 Å². The summed E-state index contributed by atoms with van der Waals surface area (Å²) < 4.78 is 158. The van der Waals surface area contributed by atoms with Crippen LogP contribution in [-0.4, -0.2) is 64.5 Å². The van der Waals surface area contributed by atoms with Crippen LogP contribution in [0.25, 0.3) is 0 Å². The van der Waals surface area contributed by atoms with Gasteiger partial charge in [0, 0.05) is 25.9 Å². The fraction of sp³-hybridized carbons (Fsp3) is 0.412. The minimum atomic E-state index is -2.36. The zero-order valence-corrected chi connectivity index (χ0v) is 29.7. The second-order valence-electron chi connectivity index (χ2n) is 10.9. The lowest BCUT2D eigenvalue weighted by molar-refractivity contribution is -0.158. The van der Waals surface area contributed by atoms with E-state index in [-0.39, 0.29) is 32.0 Å². The monoisotopic (exact) mass is 794 g/mol. The van der Waals surface area contributed by atoms with Gasteiger partial charge in [0.1, 0.15) is 13.2 Å². The molecule has 0 aliphatic carbocycles. The smallest absolute Gasteiger partial charge is 0.335 e. The molecule has 54 heavy (non-hydrogen) atoms. The number of ether oxygens (including phenoxy) is 6. The lowest BCUT2D eigenvalue weighted by Crippen LogP contribution is -2.34. The molecular weight excluding hydrogens is 758 g/mol. The molecule has 2 unspecified atom stereocenters. The van der Waals surface area contributed by atoms with Gasteiger partial charge in [0.2, 0.25) is 69.7 Å². The first kappa shape index (κ1) is 49.0. The van der Waals surface area contributed by atoms with Gasteiger partial charge in [0.05, 0.1) is 24.5 Å². The van der Waals surface area contributed by atoms with Crippen LogP contribution < -0.4 is 9.47 Å². The van der Waals surface area contributed by atoms with E-state index in [2.05, 4.69) is 32.1 Å². The summed E-state index contributed by atoms with van der Waals surface area (Å²) in [5.74, 6) is -30.5. The van der Waals surface area contributed by atoms with E-state index >= 15 is 0 Å². The number of benzene rings is 2. The first-order valence-corrected chi connectivity index (χ1v) is 15.1. The normalized spacial score (nSPS) is 12.1. The minimum Gasteiger partial charge on any atom is -0.463 e. The highest BCUT2D eigenvalue weighted by molar-refractivity contribution is 5.87. The maximum Gasteiger partial charge on any atom is 0.335 e. The summed E-state index contributed by atoms with van der Waals surface area (Å²) in [6.45, 7) is 13.3. The van der Waals surface area contributed by atoms with Gasteiger partial charge in [-0.05, 0) is 26.7 Å². The summed E-state index contributed by atoms with van der Waals surface area (Å²) in [4.78, 5) is 45.6. The van der Waals surface area contributed by atoms with Crippen LogP contribution in [0.15, 0.2) is 24.8 Å². The standard InChI is InChI=1S/C18H21F5O5.C9H3F5O2.C7H12O3/c1-5-18(3,17(25)27-7-6-26-4)8-9(2)16(24)28-15-13(22)11(20)10(19)12(21)14(15)23;1-2-3(15)16-9-7(13)5(11)4(10)6(12)8(9)14;1-6(2)7(8)10-5-4-9-3/h9H,5-8H2,1-4H3;2H,1H2;1,4-5H2,2-3H3. The van der Waals surface area contributed by atoms with Crippen LogP contribution in [0.4, 0.5) is 43.9 Å². The fourth-order valence-electron chi connectivity index (χ4n) is 3.56. The molecule has 2 atom stereocenters. The van der Waals surface area contributed by atoms with Crippen LogP contribution in [0.3, 0.4) is 0 Å². The lowest BCUT2D eigenvalue weighted by atomic mass is 9.79. The first-order chi connectivity index (χ1) is 25.1. The lowest BCUT2D eigenvalue weighted by Gasteiger charge is -2.28. The van der Waals surface area contributed by atoms with Crippen LogP contribution >= 0.6 is 0 Å². The summed E-state index contributed by atoms with van der Waals surface area (Å²) in [7, 11) is 2.97. The Labute approximate surface area is 302 Å². The first-order valence-electron chi connectivity index (χ1n) is 15.1. The Bertz CT molecular complexity index is 1630. The van der Waals surface area contributed by atoms with Crippen molar-refractivity contribution in [2.75, 3.05) is 40.6 Å². The molecule has 2 aromatic carbocycles. The average Bonchev–Trinajstić information content (AvgIpc) is 3.15. The van der Waals surface area contributed by atoms with Gasteiger partial charge in [0.25, 0.3) is 0 Å². The maximum atomic E-state index is 13.6. The molecule has 0 bridgehead atoms. The van der Waals surface area contributed by atoms with Gasteiger partial charge in [-0.1, -0.05) is 27.0 Å². The molecule has 302 valence electrons. The van der Waals surface area contributed by atoms with Crippen molar-refractivity contribution < 1.29 is 91.5 Å². The summed E-state index contributed by atoms with van der Waals surface area (Å²) in [5.41, 5.74) is -0.723. The van der Waals surface area contributed by atoms with E-state index in [0.717, 1.165) is 0 Å². The molecule has 0 heterocycles. The van der Waals surface area contributed by atoms with Crippen molar-refractivity contribution in [2.24, 2.45) is 11.3 Å². The third kappa shape index (κ3) is 13.8. The highest BCUT2D eigenvalue weighted by Gasteiger charge is 2.38. The van der Waals surface area contributed by atoms with E-state index in [1.54, 1.807) is 21.0 Å². The van der Waals surface area contributed by atoms with Crippen molar-refractivity contribution in [3.05, 3.63) is 83.0 Å². The molecule has 0 saturated carbocycles. The predicted octanol–water partition coefficient (Wildman–Crippen LogP) is 7.15. The molecule has 0 radical (unpaired) electrons. The maximum absolute atomic E-state index is 13.6. The molecule has 0 aliphatic rings. The number of carbonyl (C=O) groups is 4. The molecule has 0 aliphatic heterocycles. The van der Waals surface area contributed by atoms with Crippen molar-refractivity contribution in [1.82, 2.24) is 0 Å². The molecule has 0 amide bonds. The number of methoxy groups -OCH3 is 2. The van der Waals surface area contributed by atoms with Crippen LogP contribution in [0, 0.1) is 69.5 Å². The van der Waals surface area contributed by atoms with Crippen LogP contribution in [0.1, 0.15) is 40.5 Å². The Morgan fingerprint density at radius 2 is 1.04 bits per heavy atom. The second-order valence-corrected chi connectivity index (χ2v) is 10.9. The molecule has 0 fully saturated rings. The molecule has 0 saturated heterocycles. The Balaban J connectivity index is 0.000000902. The molecule has 0 aromatic heterocycles. The fourth-order valence-corrected chi connectivity index (χ4v) is 3.56. The largest absolute Gasteiger partial charge is 0.463 e. The SMILES string of the molecule is C=C(C)C(=O)OCCOC.C=CC(=O)Oc1c(F)c(F)c(F)c(F)c1F.CCC(C)(CC(C)C(=O)Oc1c(F)c(F)c(F)c(F)c1F)C(=O)OCCOC. The summed E-state index contributed by atoms with van der Waals surface area (Å²) in [6.07, 6.45) is 0.639. The van der Waals surface area contributed by atoms with Crippen molar-refractivity contribution in [1.29, 1.82) is 0 Å². The average molecular weight is 795 g/mol. The topological polar surface area (TPSA) is 124 Å². The Kier molecular flexibility index (Phi) is 20.8. The number of hydrogen-bond acceptors (Lipinski definition) is 10. The molecule has 0 N–H and O–H groups in total. The van der Waals surface area contributed by atoms with Gasteiger partial charge in [-0.3, -0.25) is 9.59 Å². The van der Waals surface area contributed by atoms with E-state index in [1.165, 1.54) is 21.0 Å². The van der Waals surface area contributed by atoms with Crippen molar-refractivity contribution >= 4 is 23.9 Å². The number of esters is 4. The number of hydrogen-bond donors (Lipinski definition) is 0. The molecule has 10 nitrogen and oxygen atoms in total. The highest BCUT2D eigenvalue weighted by Crippen LogP contribution is 2.34. The van der Waals surface area contributed by atoms with Gasteiger partial charge < -0.3 is 28.4 Å². The predicted molar refractivity (Wildman–Crippen MR) is 167 cm³/mol. The third-order valence-electron chi connectivity index (χ3n) is 6.73. The van der Waals surface area contributed by atoms with E-state index < -0.39 is 98.9 Å². The van der Waals surface area contributed by atoms with Gasteiger partial charge in [-0.15, -0.1) is 0 Å². The Morgan fingerprint density at radius 1 is 0.667 bits per heavy atom. The Morgan fingerprint density at radius 3 is 1.39 bits per heavy atom. The second kappa shape index (κ2) is 22.9. The highest BCUT2D eigenvalue weighted by atomic mass is 19.2. The van der Waals surface area contributed by atoms with E-state index in [0.29, 0.717) is 24.9 Å². The van der Waals surface area contributed by atoms with Crippen molar-refractivity contribution in [3.63, 3.8) is 0 Å². The molecule has 20 heteroatoms.